The van der Waals surface area contributed by atoms with Gasteiger partial charge in [0.1, 0.15) is 10.7 Å². The van der Waals surface area contributed by atoms with Crippen LogP contribution < -0.4 is 4.43 Å². The van der Waals surface area contributed by atoms with Crippen molar-refractivity contribution in [3.05, 3.63) is 63.7 Å². The first kappa shape index (κ1) is 36.1. The first-order chi connectivity index (χ1) is 20.8. The van der Waals surface area contributed by atoms with Gasteiger partial charge in [-0.3, -0.25) is 9.80 Å². The van der Waals surface area contributed by atoms with Crippen molar-refractivity contribution in [1.82, 2.24) is 14.7 Å². The Morgan fingerprint density at radius 3 is 2.24 bits per heavy atom. The van der Waals surface area contributed by atoms with Gasteiger partial charge in [-0.2, -0.15) is 13.2 Å². The van der Waals surface area contributed by atoms with Crippen molar-refractivity contribution in [1.29, 1.82) is 0 Å². The van der Waals surface area contributed by atoms with Crippen LogP contribution in [0.2, 0.25) is 23.2 Å². The molecule has 11 heteroatoms. The van der Waals surface area contributed by atoms with E-state index >= 15 is 0 Å². The van der Waals surface area contributed by atoms with Crippen LogP contribution >= 0.6 is 23.8 Å². The lowest BCUT2D eigenvalue weighted by Gasteiger charge is -2.44. The average Bonchev–Trinajstić information content (AvgIpc) is 2.91. The Labute approximate surface area is 279 Å². The topological polar surface area (TPSA) is 28.2 Å². The fraction of sp³-hybridized carbons (Fsp3) is 0.618. The number of nitrogens with zero attached hydrogens (tertiary/aromatic N) is 3. The number of benzene rings is 2. The Balaban J connectivity index is 1.59. The third-order valence-electron chi connectivity index (χ3n) is 9.35. The second-order valence-corrected chi connectivity index (χ2v) is 19.9. The molecule has 0 N–H and O–H groups in total. The Morgan fingerprint density at radius 1 is 0.978 bits per heavy atom. The van der Waals surface area contributed by atoms with Crippen LogP contribution in [0.15, 0.2) is 36.4 Å². The molecule has 2 saturated heterocycles. The lowest BCUT2D eigenvalue weighted by Crippen LogP contribution is -2.57. The standard InChI is InChI=1S/C34H49ClF3N3O2SSi/c1-23-15-27(19-28(16-23)34(36,37)38)32(44)41-14-13-39(11-12-40-20-24(2)42-25(3)21-40)22-29(41)17-26-9-10-30(35)31(18-26)43-45(7,8)33(4,5)6/h9-10,15-16,18-19,24-25,29H,11-14,17,20-22H2,1-8H3/t24-,25+,29-/m1/s1. The van der Waals surface area contributed by atoms with E-state index in [1.54, 1.807) is 13.0 Å². The number of hydrogen-bond donors (Lipinski definition) is 0. The molecule has 2 aromatic carbocycles. The maximum Gasteiger partial charge on any atom is 0.416 e. The second-order valence-electron chi connectivity index (χ2n) is 14.4. The Kier molecular flexibility index (Phi) is 11.4. The van der Waals surface area contributed by atoms with Crippen LogP contribution in [-0.4, -0.2) is 92.1 Å². The summed E-state index contributed by atoms with van der Waals surface area (Å²) in [6.07, 6.45) is -3.36. The molecule has 2 aliphatic heterocycles. The van der Waals surface area contributed by atoms with Crippen molar-refractivity contribution in [3.8, 4) is 5.75 Å². The van der Waals surface area contributed by atoms with Crippen molar-refractivity contribution in [3.63, 3.8) is 0 Å². The average molecular weight is 684 g/mol. The third kappa shape index (κ3) is 9.44. The molecule has 5 nitrogen and oxygen atoms in total. The summed E-state index contributed by atoms with van der Waals surface area (Å²) in [6, 6.07) is 10.0. The van der Waals surface area contributed by atoms with E-state index < -0.39 is 20.1 Å². The highest BCUT2D eigenvalue weighted by Crippen LogP contribution is 2.40. The molecule has 250 valence electrons. The van der Waals surface area contributed by atoms with Crippen molar-refractivity contribution >= 4 is 37.1 Å². The molecule has 2 aliphatic rings. The van der Waals surface area contributed by atoms with Crippen LogP contribution in [0.1, 0.15) is 56.9 Å². The molecule has 0 aromatic heterocycles. The molecular formula is C34H49ClF3N3O2SSi. The van der Waals surface area contributed by atoms with Gasteiger partial charge in [-0.15, -0.1) is 0 Å². The molecule has 0 saturated carbocycles. The number of thiocarbonyl (C=S) groups is 1. The first-order valence-electron chi connectivity index (χ1n) is 15.9. The predicted molar refractivity (Wildman–Crippen MR) is 184 cm³/mol. The monoisotopic (exact) mass is 683 g/mol. The molecular weight excluding hydrogens is 635 g/mol. The molecule has 2 aromatic rings. The number of morpholine rings is 1. The van der Waals surface area contributed by atoms with Crippen LogP contribution in [0.25, 0.3) is 0 Å². The molecule has 2 fully saturated rings. The molecule has 0 amide bonds. The summed E-state index contributed by atoms with van der Waals surface area (Å²) >= 11 is 12.6. The molecule has 2 heterocycles. The Bertz CT molecular complexity index is 1340. The summed E-state index contributed by atoms with van der Waals surface area (Å²) in [6.45, 7) is 22.7. The largest absolute Gasteiger partial charge is 0.543 e. The number of alkyl halides is 3. The summed E-state index contributed by atoms with van der Waals surface area (Å²) < 4.78 is 53.7. The zero-order chi connectivity index (χ0) is 33.3. The first-order valence-corrected chi connectivity index (χ1v) is 19.6. The van der Waals surface area contributed by atoms with Gasteiger partial charge < -0.3 is 14.1 Å². The van der Waals surface area contributed by atoms with Gasteiger partial charge >= 0.3 is 6.18 Å². The van der Waals surface area contributed by atoms with Crippen molar-refractivity contribution in [2.45, 2.75) is 90.5 Å². The number of halogens is 4. The molecule has 0 radical (unpaired) electrons. The lowest BCUT2D eigenvalue weighted by atomic mass is 9.99. The lowest BCUT2D eigenvalue weighted by molar-refractivity contribution is -0.137. The third-order valence-corrected chi connectivity index (χ3v) is 14.5. The Morgan fingerprint density at radius 2 is 1.62 bits per heavy atom. The van der Waals surface area contributed by atoms with Crippen molar-refractivity contribution < 1.29 is 22.3 Å². The maximum atomic E-state index is 13.7. The van der Waals surface area contributed by atoms with Gasteiger partial charge in [0, 0.05) is 57.4 Å². The number of rotatable bonds is 8. The summed E-state index contributed by atoms with van der Waals surface area (Å²) in [5.74, 6) is 0.687. The summed E-state index contributed by atoms with van der Waals surface area (Å²) in [4.78, 5) is 7.49. The van der Waals surface area contributed by atoms with Gasteiger partial charge in [-0.25, -0.2) is 0 Å². The minimum absolute atomic E-state index is 0.0122. The van der Waals surface area contributed by atoms with Crippen LogP contribution in [-0.2, 0) is 17.3 Å². The molecule has 4 rings (SSSR count). The predicted octanol–water partition coefficient (Wildman–Crippen LogP) is 8.06. The fourth-order valence-electron chi connectivity index (χ4n) is 6.00. The highest BCUT2D eigenvalue weighted by atomic mass is 35.5. The number of hydrogen-bond acceptors (Lipinski definition) is 5. The van der Waals surface area contributed by atoms with Crippen LogP contribution in [0.4, 0.5) is 13.2 Å². The van der Waals surface area contributed by atoms with Crippen LogP contribution in [0.3, 0.4) is 0 Å². The van der Waals surface area contributed by atoms with Gasteiger partial charge in [0.05, 0.1) is 22.8 Å². The SMILES string of the molecule is Cc1cc(C(=S)N2CCN(CCN3C[C@@H](C)O[C@@H](C)C3)C[C@H]2Cc2ccc(Cl)c(O[Si](C)(C)C(C)(C)C)c2)cc(C(F)(F)F)c1. The number of piperazine rings is 1. The summed E-state index contributed by atoms with van der Waals surface area (Å²) in [7, 11) is -2.13. The molecule has 3 atom stereocenters. The Hall–Kier alpha value is -1.69. The van der Waals surface area contributed by atoms with E-state index in [0.717, 1.165) is 44.8 Å². The molecule has 0 unspecified atom stereocenters. The van der Waals surface area contributed by atoms with E-state index in [2.05, 4.69) is 62.4 Å². The maximum absolute atomic E-state index is 13.7. The van der Waals surface area contributed by atoms with Crippen molar-refractivity contribution in [2.24, 2.45) is 0 Å². The van der Waals surface area contributed by atoms with Crippen LogP contribution in [0, 0.1) is 6.92 Å². The zero-order valence-corrected chi connectivity index (χ0v) is 30.5. The van der Waals surface area contributed by atoms with E-state index in [4.69, 9.17) is 33.0 Å². The number of aryl methyl sites for hydroxylation is 1. The normalized spacial score (nSPS) is 22.5. The highest BCUT2D eigenvalue weighted by Gasteiger charge is 2.40. The van der Waals surface area contributed by atoms with Gasteiger partial charge in [0.25, 0.3) is 8.32 Å². The van der Waals surface area contributed by atoms with Crippen molar-refractivity contribution in [2.75, 3.05) is 45.8 Å². The minimum atomic E-state index is -4.44. The van der Waals surface area contributed by atoms with E-state index in [1.807, 2.05) is 18.2 Å². The van der Waals surface area contributed by atoms with Gasteiger partial charge in [-0.1, -0.05) is 50.7 Å². The van der Waals surface area contributed by atoms with Gasteiger partial charge in [-0.05, 0) is 86.8 Å². The molecule has 0 spiro atoms. The highest BCUT2D eigenvalue weighted by molar-refractivity contribution is 7.80. The molecule has 0 aliphatic carbocycles. The van der Waals surface area contributed by atoms with Gasteiger partial charge in [0.15, 0.2) is 0 Å². The van der Waals surface area contributed by atoms with E-state index in [1.165, 1.54) is 12.1 Å². The molecule has 0 bridgehead atoms. The van der Waals surface area contributed by atoms with E-state index in [0.29, 0.717) is 39.9 Å². The zero-order valence-electron chi connectivity index (χ0n) is 27.9. The van der Waals surface area contributed by atoms with Crippen LogP contribution in [0.5, 0.6) is 5.75 Å². The smallest absolute Gasteiger partial charge is 0.416 e. The number of ether oxygens (including phenoxy) is 1. The quantitative estimate of drug-likeness (QED) is 0.207. The van der Waals surface area contributed by atoms with E-state index in [9.17, 15) is 13.2 Å². The summed E-state index contributed by atoms with van der Waals surface area (Å²) in [5.41, 5.74) is 1.36. The van der Waals surface area contributed by atoms with E-state index in [-0.39, 0.29) is 23.3 Å². The fourth-order valence-corrected chi connectivity index (χ4v) is 7.61. The summed E-state index contributed by atoms with van der Waals surface area (Å²) in [5, 5.41) is 0.591. The molecule has 45 heavy (non-hydrogen) atoms. The van der Waals surface area contributed by atoms with Gasteiger partial charge in [0.2, 0.25) is 0 Å². The second kappa shape index (κ2) is 14.2. The minimum Gasteiger partial charge on any atom is -0.543 e.